The second-order valence-electron chi connectivity index (χ2n) is 6.99. The predicted molar refractivity (Wildman–Crippen MR) is 124 cm³/mol. The highest BCUT2D eigenvalue weighted by atomic mass is 14.9. The van der Waals surface area contributed by atoms with Crippen LogP contribution in [0.25, 0.3) is 0 Å². The number of nitrogens with two attached hydrogens (primary N) is 1. The van der Waals surface area contributed by atoms with Crippen LogP contribution in [0.3, 0.4) is 0 Å². The molecule has 0 bridgehead atoms. The summed E-state index contributed by atoms with van der Waals surface area (Å²) in [6.07, 6.45) is 5.25. The molecule has 0 atom stereocenters. The van der Waals surface area contributed by atoms with E-state index in [0.29, 0.717) is 5.82 Å². The van der Waals surface area contributed by atoms with Crippen molar-refractivity contribution in [2.45, 2.75) is 13.5 Å². The van der Waals surface area contributed by atoms with Crippen molar-refractivity contribution < 1.29 is 0 Å². The first-order valence-corrected chi connectivity index (χ1v) is 9.75. The summed E-state index contributed by atoms with van der Waals surface area (Å²) >= 11 is 0. The molecule has 4 aromatic rings. The third-order valence-corrected chi connectivity index (χ3v) is 4.80. The summed E-state index contributed by atoms with van der Waals surface area (Å²) in [5.74, 6) is 0.543. The van der Waals surface area contributed by atoms with Crippen LogP contribution in [0.4, 0.5) is 34.3 Å². The molecule has 2 aromatic heterocycles. The van der Waals surface area contributed by atoms with Gasteiger partial charge in [-0.05, 0) is 61.0 Å². The zero-order valence-electron chi connectivity index (χ0n) is 16.8. The molecular weight excluding hydrogens is 372 g/mol. The predicted octanol–water partition coefficient (Wildman–Crippen LogP) is 5.47. The van der Waals surface area contributed by atoms with Crippen LogP contribution in [0.1, 0.15) is 11.1 Å². The Bertz CT molecular complexity index is 1110. The van der Waals surface area contributed by atoms with E-state index >= 15 is 0 Å². The van der Waals surface area contributed by atoms with Crippen LogP contribution in [0.5, 0.6) is 0 Å². The molecule has 6 heteroatoms. The van der Waals surface area contributed by atoms with Gasteiger partial charge in [-0.15, -0.1) is 0 Å². The molecule has 0 radical (unpaired) electrons. The summed E-state index contributed by atoms with van der Waals surface area (Å²) < 4.78 is 0. The molecule has 0 spiro atoms. The molecule has 2 aromatic carbocycles. The van der Waals surface area contributed by atoms with Gasteiger partial charge in [0.15, 0.2) is 0 Å². The van der Waals surface area contributed by atoms with E-state index in [1.807, 2.05) is 37.3 Å². The highest BCUT2D eigenvalue weighted by Gasteiger charge is 2.03. The quantitative estimate of drug-likeness (QED) is 0.331. The number of benzene rings is 2. The summed E-state index contributed by atoms with van der Waals surface area (Å²) in [6.45, 7) is 2.70. The summed E-state index contributed by atoms with van der Waals surface area (Å²) in [5.41, 5.74) is 13.1. The van der Waals surface area contributed by atoms with Crippen molar-refractivity contribution in [3.8, 4) is 0 Å². The first kappa shape index (κ1) is 19.3. The molecule has 0 saturated heterocycles. The van der Waals surface area contributed by atoms with E-state index in [9.17, 15) is 0 Å². The highest BCUT2D eigenvalue weighted by Crippen LogP contribution is 2.24. The van der Waals surface area contributed by atoms with Crippen LogP contribution in [-0.4, -0.2) is 9.97 Å². The molecule has 0 aliphatic heterocycles. The molecule has 0 aliphatic carbocycles. The molecule has 0 fully saturated rings. The topological polar surface area (TPSA) is 87.9 Å². The van der Waals surface area contributed by atoms with E-state index in [-0.39, 0.29) is 0 Å². The normalized spacial score (nSPS) is 10.4. The van der Waals surface area contributed by atoms with Gasteiger partial charge in [0.2, 0.25) is 0 Å². The first-order valence-electron chi connectivity index (χ1n) is 9.75. The van der Waals surface area contributed by atoms with Crippen LogP contribution < -0.4 is 21.7 Å². The fraction of sp³-hybridized carbons (Fsp3) is 0.0833. The number of aromatic nitrogens is 2. The Kier molecular flexibility index (Phi) is 5.75. The number of hydrogen-bond donors (Lipinski definition) is 4. The third-order valence-electron chi connectivity index (χ3n) is 4.80. The van der Waals surface area contributed by atoms with Crippen LogP contribution in [0, 0.1) is 6.92 Å². The molecule has 0 aliphatic rings. The van der Waals surface area contributed by atoms with E-state index in [0.717, 1.165) is 40.5 Å². The van der Waals surface area contributed by atoms with Crippen LogP contribution >= 0.6 is 0 Å². The van der Waals surface area contributed by atoms with Gasteiger partial charge in [-0.3, -0.25) is 4.98 Å². The van der Waals surface area contributed by atoms with E-state index in [1.165, 1.54) is 5.56 Å². The molecule has 6 nitrogen and oxygen atoms in total. The van der Waals surface area contributed by atoms with Crippen molar-refractivity contribution in [2.24, 2.45) is 0 Å². The van der Waals surface area contributed by atoms with Crippen LogP contribution in [0.2, 0.25) is 0 Å². The number of hydrogen-bond acceptors (Lipinski definition) is 6. The zero-order chi connectivity index (χ0) is 20.8. The number of anilines is 6. The second kappa shape index (κ2) is 8.96. The number of nitrogens with one attached hydrogen (secondary N) is 3. The van der Waals surface area contributed by atoms with Gasteiger partial charge in [0.05, 0.1) is 0 Å². The molecule has 2 heterocycles. The zero-order valence-corrected chi connectivity index (χ0v) is 16.8. The lowest BCUT2D eigenvalue weighted by molar-refractivity contribution is 1.15. The summed E-state index contributed by atoms with van der Waals surface area (Å²) in [7, 11) is 0. The Morgan fingerprint density at radius 3 is 2.30 bits per heavy atom. The van der Waals surface area contributed by atoms with Crippen molar-refractivity contribution in [2.75, 3.05) is 21.7 Å². The van der Waals surface area contributed by atoms with Gasteiger partial charge in [0, 0.05) is 59.1 Å². The Morgan fingerprint density at radius 1 is 0.767 bits per heavy atom. The minimum Gasteiger partial charge on any atom is -0.383 e. The average Bonchev–Trinajstić information content (AvgIpc) is 2.77. The number of nitrogen functional groups attached to an aromatic ring is 1. The Morgan fingerprint density at radius 2 is 1.50 bits per heavy atom. The summed E-state index contributed by atoms with van der Waals surface area (Å²) in [6, 6.07) is 22.4. The van der Waals surface area contributed by atoms with Gasteiger partial charge in [0.25, 0.3) is 0 Å². The maximum Gasteiger partial charge on any atom is 0.128 e. The summed E-state index contributed by atoms with van der Waals surface area (Å²) in [4.78, 5) is 8.14. The van der Waals surface area contributed by atoms with Crippen molar-refractivity contribution in [1.29, 1.82) is 0 Å². The Balaban J connectivity index is 1.36. The van der Waals surface area contributed by atoms with Crippen molar-refractivity contribution >= 4 is 34.3 Å². The molecule has 0 amide bonds. The Labute approximate surface area is 176 Å². The lowest BCUT2D eigenvalue weighted by Crippen LogP contribution is -2.01. The van der Waals surface area contributed by atoms with Crippen molar-refractivity contribution in [3.63, 3.8) is 0 Å². The maximum absolute atomic E-state index is 5.88. The number of pyridine rings is 2. The fourth-order valence-corrected chi connectivity index (χ4v) is 3.06. The van der Waals surface area contributed by atoms with Gasteiger partial charge in [0.1, 0.15) is 5.82 Å². The lowest BCUT2D eigenvalue weighted by atomic mass is 10.1. The second-order valence-corrected chi connectivity index (χ2v) is 6.99. The van der Waals surface area contributed by atoms with Gasteiger partial charge in [-0.1, -0.05) is 18.2 Å². The van der Waals surface area contributed by atoms with Crippen molar-refractivity contribution in [3.05, 3.63) is 96.4 Å². The molecule has 0 saturated carbocycles. The molecular formula is C24H24N6. The minimum atomic E-state index is 0.543. The van der Waals surface area contributed by atoms with Crippen LogP contribution in [-0.2, 0) is 6.54 Å². The minimum absolute atomic E-state index is 0.543. The molecule has 150 valence electrons. The molecule has 0 unspecified atom stereocenters. The van der Waals surface area contributed by atoms with E-state index in [1.54, 1.807) is 18.6 Å². The highest BCUT2D eigenvalue weighted by molar-refractivity contribution is 5.67. The van der Waals surface area contributed by atoms with Gasteiger partial charge in [-0.25, -0.2) is 4.98 Å². The van der Waals surface area contributed by atoms with E-state index in [4.69, 9.17) is 5.73 Å². The SMILES string of the molecule is Cc1c(Nc2ccc(CNc3cccc(Nc4ccncc4)c3)cc2)ccnc1N. The van der Waals surface area contributed by atoms with Gasteiger partial charge in [-0.2, -0.15) is 0 Å². The number of nitrogens with zero attached hydrogens (tertiary/aromatic N) is 2. The monoisotopic (exact) mass is 396 g/mol. The first-order chi connectivity index (χ1) is 14.7. The standard InChI is InChI=1S/C24H24N6/c1-17-23(11-14-27-24(17)25)30-19-7-5-18(6-8-19)16-28-21-3-2-4-22(15-21)29-20-9-12-26-13-10-20/h2-15,28H,16H2,1H3,(H,26,29)(H3,25,27,30). The van der Waals surface area contributed by atoms with Gasteiger partial charge >= 0.3 is 0 Å². The molecule has 4 rings (SSSR count). The fourth-order valence-electron chi connectivity index (χ4n) is 3.06. The maximum atomic E-state index is 5.88. The molecule has 30 heavy (non-hydrogen) atoms. The average molecular weight is 396 g/mol. The number of rotatable bonds is 7. The largest absolute Gasteiger partial charge is 0.383 e. The third kappa shape index (κ3) is 4.86. The smallest absolute Gasteiger partial charge is 0.128 e. The van der Waals surface area contributed by atoms with Crippen LogP contribution in [0.15, 0.2) is 85.3 Å². The van der Waals surface area contributed by atoms with Crippen molar-refractivity contribution in [1.82, 2.24) is 9.97 Å². The lowest BCUT2D eigenvalue weighted by Gasteiger charge is -2.12. The summed E-state index contributed by atoms with van der Waals surface area (Å²) in [5, 5.41) is 10.2. The van der Waals surface area contributed by atoms with E-state index < -0.39 is 0 Å². The Hall–Kier alpha value is -4.06. The molecule has 5 N–H and O–H groups in total. The van der Waals surface area contributed by atoms with Gasteiger partial charge < -0.3 is 21.7 Å². The van der Waals surface area contributed by atoms with E-state index in [2.05, 4.69) is 62.3 Å².